The van der Waals surface area contributed by atoms with Gasteiger partial charge in [0.05, 0.1) is 13.1 Å². The van der Waals surface area contributed by atoms with Gasteiger partial charge in [0.15, 0.2) is 5.96 Å². The number of carbonyl (C=O) groups excluding carboxylic acids is 1. The monoisotopic (exact) mass is 380 g/mol. The van der Waals surface area contributed by atoms with Crippen molar-refractivity contribution in [1.82, 2.24) is 10.6 Å². The molecule has 0 saturated carbocycles. The lowest BCUT2D eigenvalue weighted by Crippen LogP contribution is -2.46. The first-order valence-corrected chi connectivity index (χ1v) is 9.63. The van der Waals surface area contributed by atoms with Crippen LogP contribution in [0.5, 0.6) is 5.75 Å². The van der Waals surface area contributed by atoms with Crippen LogP contribution in [-0.2, 0) is 11.2 Å². The normalized spacial score (nSPS) is 14.4. The van der Waals surface area contributed by atoms with Crippen molar-refractivity contribution < 1.29 is 9.53 Å². The SMILES string of the molecule is CN=C(NCC(=O)N1CCc2ccccc21)NCC(C)Oc1cccc(C)c1. The highest BCUT2D eigenvalue weighted by Crippen LogP contribution is 2.27. The topological polar surface area (TPSA) is 66.0 Å². The van der Waals surface area contributed by atoms with E-state index in [4.69, 9.17) is 4.74 Å². The molecule has 0 radical (unpaired) electrons. The second-order valence-corrected chi connectivity index (χ2v) is 6.98. The summed E-state index contributed by atoms with van der Waals surface area (Å²) in [6.45, 7) is 5.54. The predicted molar refractivity (Wildman–Crippen MR) is 113 cm³/mol. The van der Waals surface area contributed by atoms with Crippen molar-refractivity contribution in [2.45, 2.75) is 26.4 Å². The van der Waals surface area contributed by atoms with Gasteiger partial charge in [-0.15, -0.1) is 0 Å². The number of aryl methyl sites for hydroxylation is 1. The van der Waals surface area contributed by atoms with E-state index in [9.17, 15) is 4.79 Å². The minimum absolute atomic E-state index is 0.0389. The number of amides is 1. The summed E-state index contributed by atoms with van der Waals surface area (Å²) in [7, 11) is 1.69. The maximum absolute atomic E-state index is 12.6. The molecule has 148 valence electrons. The van der Waals surface area contributed by atoms with Crippen LogP contribution in [-0.4, -0.2) is 44.7 Å². The third-order valence-corrected chi connectivity index (χ3v) is 4.70. The lowest BCUT2D eigenvalue weighted by molar-refractivity contribution is -0.117. The zero-order valence-corrected chi connectivity index (χ0v) is 16.7. The number of nitrogens with zero attached hydrogens (tertiary/aromatic N) is 2. The maximum atomic E-state index is 12.6. The molecule has 2 aromatic carbocycles. The summed E-state index contributed by atoms with van der Waals surface area (Å²) >= 11 is 0. The second-order valence-electron chi connectivity index (χ2n) is 6.98. The third kappa shape index (κ3) is 5.03. The summed E-state index contributed by atoms with van der Waals surface area (Å²) < 4.78 is 5.92. The predicted octanol–water partition coefficient (Wildman–Crippen LogP) is 2.52. The molecule has 1 atom stereocenters. The molecule has 1 heterocycles. The van der Waals surface area contributed by atoms with E-state index in [1.165, 1.54) is 5.56 Å². The lowest BCUT2D eigenvalue weighted by atomic mass is 10.2. The van der Waals surface area contributed by atoms with E-state index < -0.39 is 0 Å². The first kappa shape index (κ1) is 19.7. The minimum atomic E-state index is -0.0403. The van der Waals surface area contributed by atoms with E-state index in [2.05, 4.69) is 21.7 Å². The Bertz CT molecular complexity index is 850. The summed E-state index contributed by atoms with van der Waals surface area (Å²) in [5.74, 6) is 1.47. The van der Waals surface area contributed by atoms with Gasteiger partial charge in [-0.1, -0.05) is 30.3 Å². The van der Waals surface area contributed by atoms with Crippen LogP contribution in [0.15, 0.2) is 53.5 Å². The molecule has 1 aliphatic heterocycles. The van der Waals surface area contributed by atoms with Crippen LogP contribution in [0.4, 0.5) is 5.69 Å². The number of nitrogens with one attached hydrogen (secondary N) is 2. The Morgan fingerprint density at radius 1 is 1.21 bits per heavy atom. The number of hydrogen-bond donors (Lipinski definition) is 2. The Balaban J connectivity index is 1.45. The largest absolute Gasteiger partial charge is 0.489 e. The molecule has 0 fully saturated rings. The number of aliphatic imine (C=N–C) groups is 1. The van der Waals surface area contributed by atoms with Gasteiger partial charge in [-0.3, -0.25) is 9.79 Å². The van der Waals surface area contributed by atoms with Gasteiger partial charge in [-0.2, -0.15) is 0 Å². The molecule has 1 aliphatic rings. The van der Waals surface area contributed by atoms with Gasteiger partial charge in [0.25, 0.3) is 0 Å². The standard InChI is InChI=1S/C22H28N4O2/c1-16-7-6-9-19(13-16)28-17(2)14-24-22(23-3)25-15-21(27)26-12-11-18-8-4-5-10-20(18)26/h4-10,13,17H,11-12,14-15H2,1-3H3,(H2,23,24,25). The molecule has 1 amide bonds. The van der Waals surface area contributed by atoms with Crippen molar-refractivity contribution in [3.05, 3.63) is 59.7 Å². The molecular weight excluding hydrogens is 352 g/mol. The molecule has 28 heavy (non-hydrogen) atoms. The van der Waals surface area contributed by atoms with Crippen molar-refractivity contribution in [3.8, 4) is 5.75 Å². The fourth-order valence-corrected chi connectivity index (χ4v) is 3.28. The van der Waals surface area contributed by atoms with E-state index in [1.807, 2.05) is 61.2 Å². The van der Waals surface area contributed by atoms with Crippen LogP contribution in [0.2, 0.25) is 0 Å². The summed E-state index contributed by atoms with van der Waals surface area (Å²) in [4.78, 5) is 18.6. The third-order valence-electron chi connectivity index (χ3n) is 4.70. The van der Waals surface area contributed by atoms with Crippen molar-refractivity contribution in [2.75, 3.05) is 31.6 Å². The minimum Gasteiger partial charge on any atom is -0.489 e. The molecule has 2 N–H and O–H groups in total. The summed E-state index contributed by atoms with van der Waals surface area (Å²) in [5, 5.41) is 6.31. The van der Waals surface area contributed by atoms with Crippen LogP contribution >= 0.6 is 0 Å². The Morgan fingerprint density at radius 2 is 2.04 bits per heavy atom. The number of hydrogen-bond acceptors (Lipinski definition) is 3. The molecule has 3 rings (SSSR count). The number of fused-ring (bicyclic) bond motifs is 1. The summed E-state index contributed by atoms with van der Waals surface area (Å²) in [6.07, 6.45) is 0.865. The fourth-order valence-electron chi connectivity index (χ4n) is 3.28. The smallest absolute Gasteiger partial charge is 0.246 e. The van der Waals surface area contributed by atoms with E-state index in [1.54, 1.807) is 7.05 Å². The highest BCUT2D eigenvalue weighted by molar-refractivity contribution is 5.98. The number of ether oxygens (including phenoxy) is 1. The van der Waals surface area contributed by atoms with Gasteiger partial charge in [-0.25, -0.2) is 0 Å². The fraction of sp³-hybridized carbons (Fsp3) is 0.364. The van der Waals surface area contributed by atoms with Crippen LogP contribution in [0, 0.1) is 6.92 Å². The van der Waals surface area contributed by atoms with Crippen molar-refractivity contribution >= 4 is 17.6 Å². The molecule has 0 bridgehead atoms. The zero-order valence-electron chi connectivity index (χ0n) is 16.7. The first-order valence-electron chi connectivity index (χ1n) is 9.63. The summed E-state index contributed by atoms with van der Waals surface area (Å²) in [6, 6.07) is 16.0. The van der Waals surface area contributed by atoms with Gasteiger partial charge in [0.1, 0.15) is 11.9 Å². The maximum Gasteiger partial charge on any atom is 0.246 e. The van der Waals surface area contributed by atoms with E-state index in [-0.39, 0.29) is 18.6 Å². The van der Waals surface area contributed by atoms with Crippen LogP contribution < -0.4 is 20.3 Å². The number of rotatable bonds is 6. The average Bonchev–Trinajstić information content (AvgIpc) is 3.12. The zero-order chi connectivity index (χ0) is 19.9. The van der Waals surface area contributed by atoms with E-state index in [0.29, 0.717) is 12.5 Å². The molecular formula is C22H28N4O2. The highest BCUT2D eigenvalue weighted by atomic mass is 16.5. The van der Waals surface area contributed by atoms with Crippen molar-refractivity contribution in [2.24, 2.45) is 4.99 Å². The Hall–Kier alpha value is -3.02. The molecule has 0 aliphatic carbocycles. The van der Waals surface area contributed by atoms with Crippen LogP contribution in [0.25, 0.3) is 0 Å². The number of benzene rings is 2. The molecule has 2 aromatic rings. The van der Waals surface area contributed by atoms with Gasteiger partial charge in [-0.05, 0) is 49.6 Å². The van der Waals surface area contributed by atoms with Crippen molar-refractivity contribution in [1.29, 1.82) is 0 Å². The second kappa shape index (κ2) is 9.26. The number of para-hydroxylation sites is 1. The molecule has 0 saturated heterocycles. The number of carbonyl (C=O) groups is 1. The van der Waals surface area contributed by atoms with Gasteiger partial charge in [0.2, 0.25) is 5.91 Å². The Labute approximate surface area is 166 Å². The lowest BCUT2D eigenvalue weighted by Gasteiger charge is -2.20. The number of anilines is 1. The Kier molecular flexibility index (Phi) is 6.53. The Morgan fingerprint density at radius 3 is 2.82 bits per heavy atom. The molecule has 0 aromatic heterocycles. The molecule has 0 spiro atoms. The molecule has 1 unspecified atom stereocenters. The quantitative estimate of drug-likeness (QED) is 0.597. The average molecular weight is 380 g/mol. The summed E-state index contributed by atoms with van der Waals surface area (Å²) in [5.41, 5.74) is 3.40. The molecule has 6 heteroatoms. The molecule has 6 nitrogen and oxygen atoms in total. The highest BCUT2D eigenvalue weighted by Gasteiger charge is 2.23. The van der Waals surface area contributed by atoms with Crippen molar-refractivity contribution in [3.63, 3.8) is 0 Å². The van der Waals surface area contributed by atoms with Crippen LogP contribution in [0.1, 0.15) is 18.1 Å². The van der Waals surface area contributed by atoms with Gasteiger partial charge < -0.3 is 20.3 Å². The first-order chi connectivity index (χ1) is 13.6. The number of guanidine groups is 1. The van der Waals surface area contributed by atoms with Crippen LogP contribution in [0.3, 0.4) is 0 Å². The van der Waals surface area contributed by atoms with Gasteiger partial charge >= 0.3 is 0 Å². The van der Waals surface area contributed by atoms with Gasteiger partial charge in [0, 0.05) is 19.3 Å². The van der Waals surface area contributed by atoms with E-state index in [0.717, 1.165) is 30.0 Å². The van der Waals surface area contributed by atoms with E-state index >= 15 is 0 Å².